The predicted molar refractivity (Wildman–Crippen MR) is 73.7 cm³/mol. The van der Waals surface area contributed by atoms with E-state index in [9.17, 15) is 4.39 Å². The van der Waals surface area contributed by atoms with Crippen molar-refractivity contribution in [3.05, 3.63) is 30.5 Å². The van der Waals surface area contributed by atoms with Gasteiger partial charge in [-0.05, 0) is 12.5 Å². The average Bonchev–Trinajstić information content (AvgIpc) is 2.92. The first kappa shape index (κ1) is 12.5. The van der Waals surface area contributed by atoms with Crippen molar-refractivity contribution >= 4 is 17.0 Å². The summed E-state index contributed by atoms with van der Waals surface area (Å²) >= 11 is 0. The fourth-order valence-corrected chi connectivity index (χ4v) is 1.91. The van der Waals surface area contributed by atoms with Crippen LogP contribution < -0.4 is 5.32 Å². The molecule has 0 saturated heterocycles. The Morgan fingerprint density at radius 1 is 1.25 bits per heavy atom. The van der Waals surface area contributed by atoms with Crippen LogP contribution in [0.1, 0.15) is 13.3 Å². The van der Waals surface area contributed by atoms with Gasteiger partial charge in [-0.3, -0.25) is 10.1 Å². The van der Waals surface area contributed by atoms with Crippen LogP contribution in [0.15, 0.2) is 24.7 Å². The molecule has 0 bridgehead atoms. The summed E-state index contributed by atoms with van der Waals surface area (Å²) in [6.07, 6.45) is 5.31. The molecule has 0 aliphatic heterocycles. The zero-order valence-electron chi connectivity index (χ0n) is 10.9. The summed E-state index contributed by atoms with van der Waals surface area (Å²) in [4.78, 5) is 12.6. The van der Waals surface area contributed by atoms with Gasteiger partial charge in [0.2, 0.25) is 5.95 Å². The van der Waals surface area contributed by atoms with Crippen LogP contribution in [-0.2, 0) is 0 Å². The number of nitrogens with zero attached hydrogens (tertiary/aromatic N) is 4. The molecule has 0 aromatic carbocycles. The highest BCUT2D eigenvalue weighted by atomic mass is 19.1. The van der Waals surface area contributed by atoms with Crippen molar-refractivity contribution in [2.75, 3.05) is 11.9 Å². The number of anilines is 1. The fraction of sp³-hybridized carbons (Fsp3) is 0.231. The number of hydrogen-bond acceptors (Lipinski definition) is 5. The van der Waals surface area contributed by atoms with Crippen molar-refractivity contribution in [3.63, 3.8) is 0 Å². The Balaban J connectivity index is 2.14. The van der Waals surface area contributed by atoms with E-state index in [-0.39, 0.29) is 0 Å². The zero-order valence-corrected chi connectivity index (χ0v) is 10.9. The first-order chi connectivity index (χ1) is 9.78. The molecule has 20 heavy (non-hydrogen) atoms. The number of hydrogen-bond donors (Lipinski definition) is 2. The van der Waals surface area contributed by atoms with Gasteiger partial charge in [-0.2, -0.15) is 10.1 Å². The van der Waals surface area contributed by atoms with Crippen LogP contribution in [0.25, 0.3) is 22.3 Å². The van der Waals surface area contributed by atoms with Crippen molar-refractivity contribution in [2.45, 2.75) is 13.3 Å². The van der Waals surface area contributed by atoms with Crippen LogP contribution >= 0.6 is 0 Å². The quantitative estimate of drug-likeness (QED) is 0.762. The predicted octanol–water partition coefficient (Wildman–Crippen LogP) is 2.38. The second-order valence-corrected chi connectivity index (χ2v) is 4.35. The molecule has 0 aliphatic carbocycles. The molecule has 0 unspecified atom stereocenters. The van der Waals surface area contributed by atoms with E-state index < -0.39 is 5.82 Å². The average molecular weight is 272 g/mol. The third kappa shape index (κ3) is 2.29. The van der Waals surface area contributed by atoms with Gasteiger partial charge in [-0.15, -0.1) is 0 Å². The standard InChI is InChI=1S/C13H13FN6/c1-2-3-16-13-18-11(8-4-9(14)6-15-5-8)10-7-17-20-12(10)19-13/h4-7H,2-3H2,1H3,(H2,16,17,18,19,20). The van der Waals surface area contributed by atoms with E-state index in [1.54, 1.807) is 12.4 Å². The van der Waals surface area contributed by atoms with E-state index in [2.05, 4.69) is 37.4 Å². The second kappa shape index (κ2) is 5.20. The summed E-state index contributed by atoms with van der Waals surface area (Å²) in [6.45, 7) is 2.82. The fourth-order valence-electron chi connectivity index (χ4n) is 1.91. The SMILES string of the molecule is CCCNc1nc(-c2cncc(F)c2)c2cn[nH]c2n1. The molecule has 0 atom stereocenters. The maximum Gasteiger partial charge on any atom is 0.225 e. The third-order valence-electron chi connectivity index (χ3n) is 2.82. The van der Waals surface area contributed by atoms with Crippen LogP contribution in [-0.4, -0.2) is 31.7 Å². The molecule has 0 aliphatic rings. The summed E-state index contributed by atoms with van der Waals surface area (Å²) < 4.78 is 13.3. The van der Waals surface area contributed by atoms with Gasteiger partial charge in [0.1, 0.15) is 5.82 Å². The van der Waals surface area contributed by atoms with E-state index in [0.29, 0.717) is 22.9 Å². The Kier molecular flexibility index (Phi) is 3.24. The molecule has 0 radical (unpaired) electrons. The number of aromatic amines is 1. The topological polar surface area (TPSA) is 79.4 Å². The van der Waals surface area contributed by atoms with Crippen molar-refractivity contribution in [1.29, 1.82) is 0 Å². The minimum Gasteiger partial charge on any atom is -0.354 e. The number of aromatic nitrogens is 5. The monoisotopic (exact) mass is 272 g/mol. The third-order valence-corrected chi connectivity index (χ3v) is 2.82. The molecule has 3 aromatic heterocycles. The first-order valence-electron chi connectivity index (χ1n) is 6.34. The number of rotatable bonds is 4. The molecule has 0 spiro atoms. The Hall–Kier alpha value is -2.57. The summed E-state index contributed by atoms with van der Waals surface area (Å²) in [7, 11) is 0. The number of halogens is 1. The molecular weight excluding hydrogens is 259 g/mol. The Morgan fingerprint density at radius 3 is 2.95 bits per heavy atom. The van der Waals surface area contributed by atoms with Gasteiger partial charge in [0, 0.05) is 18.3 Å². The van der Waals surface area contributed by atoms with Gasteiger partial charge in [0.05, 0.1) is 23.5 Å². The Labute approximate surface area is 114 Å². The molecule has 0 saturated carbocycles. The number of nitrogens with one attached hydrogen (secondary N) is 2. The molecule has 2 N–H and O–H groups in total. The minimum atomic E-state index is -0.402. The summed E-state index contributed by atoms with van der Waals surface area (Å²) in [5, 5.41) is 10.6. The summed E-state index contributed by atoms with van der Waals surface area (Å²) in [5.74, 6) is 0.0867. The van der Waals surface area contributed by atoms with Gasteiger partial charge < -0.3 is 5.32 Å². The Morgan fingerprint density at radius 2 is 2.15 bits per heavy atom. The molecule has 0 amide bonds. The van der Waals surface area contributed by atoms with Gasteiger partial charge in [-0.1, -0.05) is 6.92 Å². The largest absolute Gasteiger partial charge is 0.354 e. The minimum absolute atomic E-state index is 0.402. The lowest BCUT2D eigenvalue weighted by Gasteiger charge is -2.07. The maximum absolute atomic E-state index is 13.3. The number of pyridine rings is 1. The first-order valence-corrected chi connectivity index (χ1v) is 6.34. The highest BCUT2D eigenvalue weighted by molar-refractivity contribution is 5.90. The van der Waals surface area contributed by atoms with Crippen LogP contribution in [0.5, 0.6) is 0 Å². The number of H-pyrrole nitrogens is 1. The molecule has 3 heterocycles. The zero-order chi connectivity index (χ0) is 13.9. The van der Waals surface area contributed by atoms with Crippen LogP contribution in [0.3, 0.4) is 0 Å². The molecule has 7 heteroatoms. The Bertz CT molecular complexity index is 739. The summed E-state index contributed by atoms with van der Waals surface area (Å²) in [6, 6.07) is 1.39. The molecule has 3 aromatic rings. The van der Waals surface area contributed by atoms with Gasteiger partial charge in [0.15, 0.2) is 5.65 Å². The molecule has 0 fully saturated rings. The highest BCUT2D eigenvalue weighted by Gasteiger charge is 2.12. The molecule has 102 valence electrons. The number of fused-ring (bicyclic) bond motifs is 1. The van der Waals surface area contributed by atoms with Crippen molar-refractivity contribution < 1.29 is 4.39 Å². The summed E-state index contributed by atoms with van der Waals surface area (Å²) in [5.41, 5.74) is 1.81. The molecule has 6 nitrogen and oxygen atoms in total. The van der Waals surface area contributed by atoms with Crippen LogP contribution in [0, 0.1) is 5.82 Å². The van der Waals surface area contributed by atoms with Gasteiger partial charge in [-0.25, -0.2) is 9.37 Å². The van der Waals surface area contributed by atoms with Crippen molar-refractivity contribution in [1.82, 2.24) is 25.1 Å². The van der Waals surface area contributed by atoms with E-state index in [4.69, 9.17) is 0 Å². The van der Waals surface area contributed by atoms with Gasteiger partial charge >= 0.3 is 0 Å². The normalized spacial score (nSPS) is 10.9. The van der Waals surface area contributed by atoms with E-state index in [1.807, 2.05) is 0 Å². The van der Waals surface area contributed by atoms with Crippen molar-refractivity contribution in [2.24, 2.45) is 0 Å². The highest BCUT2D eigenvalue weighted by Crippen LogP contribution is 2.25. The lowest BCUT2D eigenvalue weighted by Crippen LogP contribution is -2.05. The molecule has 3 rings (SSSR count). The second-order valence-electron chi connectivity index (χ2n) is 4.35. The van der Waals surface area contributed by atoms with Gasteiger partial charge in [0.25, 0.3) is 0 Å². The maximum atomic E-state index is 13.3. The lowest BCUT2D eigenvalue weighted by molar-refractivity contribution is 0.622. The van der Waals surface area contributed by atoms with E-state index >= 15 is 0 Å². The lowest BCUT2D eigenvalue weighted by atomic mass is 10.1. The van der Waals surface area contributed by atoms with Crippen LogP contribution in [0.4, 0.5) is 10.3 Å². The van der Waals surface area contributed by atoms with E-state index in [0.717, 1.165) is 24.5 Å². The van der Waals surface area contributed by atoms with Crippen molar-refractivity contribution in [3.8, 4) is 11.3 Å². The van der Waals surface area contributed by atoms with E-state index in [1.165, 1.54) is 6.07 Å². The molecular formula is C13H13FN6. The van der Waals surface area contributed by atoms with Crippen LogP contribution in [0.2, 0.25) is 0 Å². The smallest absolute Gasteiger partial charge is 0.225 e.